The lowest BCUT2D eigenvalue weighted by Crippen LogP contribution is -2.12. The van der Waals surface area contributed by atoms with Crippen molar-refractivity contribution in [3.8, 4) is 5.75 Å². The van der Waals surface area contributed by atoms with E-state index in [4.69, 9.17) is 9.84 Å². The van der Waals surface area contributed by atoms with Crippen molar-refractivity contribution in [1.82, 2.24) is 4.98 Å². The molecule has 78 valence electrons. The average Bonchev–Trinajstić information content (AvgIpc) is 2.26. The molecule has 2 aromatic rings. The predicted octanol–water partition coefficient (Wildman–Crippen LogP) is 1.99. The molecule has 2 rings (SSSR count). The van der Waals surface area contributed by atoms with Gasteiger partial charge in [-0.25, -0.2) is 0 Å². The summed E-state index contributed by atoms with van der Waals surface area (Å²) in [6.45, 7) is 2.00. The molecule has 0 spiro atoms. The number of fused-ring (bicyclic) bond motifs is 1. The van der Waals surface area contributed by atoms with E-state index in [1.165, 1.54) is 0 Å². The number of ether oxygens (including phenoxy) is 1. The summed E-state index contributed by atoms with van der Waals surface area (Å²) in [6, 6.07) is 9.54. The molecule has 0 fully saturated rings. The number of pyridine rings is 1. The predicted molar refractivity (Wildman–Crippen MR) is 58.9 cm³/mol. The van der Waals surface area contributed by atoms with Crippen LogP contribution in [0.4, 0.5) is 0 Å². The molecule has 1 atom stereocenters. The standard InChI is InChI=1S/C12H13NO2/c1-9(14)8-15-12-6-2-5-11-10(12)4-3-7-13-11/h2-7,9,14H,8H2,1H3/t9-/m0/s1. The molecule has 0 aliphatic heterocycles. The highest BCUT2D eigenvalue weighted by Gasteiger charge is 2.03. The second-order valence-corrected chi connectivity index (χ2v) is 3.49. The Bertz CT molecular complexity index is 449. The van der Waals surface area contributed by atoms with Crippen LogP contribution in [0.2, 0.25) is 0 Å². The molecule has 0 saturated heterocycles. The molecule has 0 bridgehead atoms. The number of hydrogen-bond donors (Lipinski definition) is 1. The lowest BCUT2D eigenvalue weighted by Gasteiger charge is -2.09. The van der Waals surface area contributed by atoms with Gasteiger partial charge in [0.2, 0.25) is 0 Å². The first-order valence-electron chi connectivity index (χ1n) is 4.92. The van der Waals surface area contributed by atoms with Crippen LogP contribution in [-0.4, -0.2) is 22.8 Å². The maximum absolute atomic E-state index is 9.15. The van der Waals surface area contributed by atoms with Gasteiger partial charge in [-0.1, -0.05) is 6.07 Å². The number of aliphatic hydroxyl groups is 1. The lowest BCUT2D eigenvalue weighted by atomic mass is 10.2. The SMILES string of the molecule is C[C@H](O)COc1cccc2ncccc12. The first-order valence-corrected chi connectivity index (χ1v) is 4.92. The quantitative estimate of drug-likeness (QED) is 0.829. The Labute approximate surface area is 88.3 Å². The number of nitrogens with zero attached hydrogens (tertiary/aromatic N) is 1. The normalized spacial score (nSPS) is 12.7. The third kappa shape index (κ3) is 2.25. The van der Waals surface area contributed by atoms with Crippen LogP contribution in [0.25, 0.3) is 10.9 Å². The van der Waals surface area contributed by atoms with E-state index in [2.05, 4.69) is 4.98 Å². The first kappa shape index (κ1) is 9.93. The fourth-order valence-corrected chi connectivity index (χ4v) is 1.41. The highest BCUT2D eigenvalue weighted by Crippen LogP contribution is 2.23. The third-order valence-electron chi connectivity index (χ3n) is 2.09. The van der Waals surface area contributed by atoms with Gasteiger partial charge >= 0.3 is 0 Å². The number of benzene rings is 1. The smallest absolute Gasteiger partial charge is 0.128 e. The van der Waals surface area contributed by atoms with Crippen molar-refractivity contribution in [3.63, 3.8) is 0 Å². The van der Waals surface area contributed by atoms with Crippen LogP contribution in [-0.2, 0) is 0 Å². The van der Waals surface area contributed by atoms with Gasteiger partial charge in [0.15, 0.2) is 0 Å². The second-order valence-electron chi connectivity index (χ2n) is 3.49. The largest absolute Gasteiger partial charge is 0.490 e. The zero-order chi connectivity index (χ0) is 10.7. The minimum Gasteiger partial charge on any atom is -0.490 e. The van der Waals surface area contributed by atoms with Crippen molar-refractivity contribution in [3.05, 3.63) is 36.5 Å². The minimum absolute atomic E-state index is 0.300. The van der Waals surface area contributed by atoms with E-state index in [1.807, 2.05) is 30.3 Å². The van der Waals surface area contributed by atoms with E-state index in [0.29, 0.717) is 6.61 Å². The molecule has 0 aliphatic carbocycles. The molecule has 0 radical (unpaired) electrons. The number of aliphatic hydroxyl groups excluding tert-OH is 1. The summed E-state index contributed by atoms with van der Waals surface area (Å²) in [5.41, 5.74) is 0.903. The minimum atomic E-state index is -0.461. The molecule has 3 heteroatoms. The van der Waals surface area contributed by atoms with E-state index in [-0.39, 0.29) is 0 Å². The maximum Gasteiger partial charge on any atom is 0.128 e. The molecule has 0 aliphatic rings. The van der Waals surface area contributed by atoms with Crippen molar-refractivity contribution < 1.29 is 9.84 Å². The fourth-order valence-electron chi connectivity index (χ4n) is 1.41. The Balaban J connectivity index is 2.34. The van der Waals surface area contributed by atoms with Crippen LogP contribution in [0.3, 0.4) is 0 Å². The molecule has 1 aromatic heterocycles. The van der Waals surface area contributed by atoms with Gasteiger partial charge in [0.25, 0.3) is 0 Å². The number of aromatic nitrogens is 1. The second kappa shape index (κ2) is 4.28. The van der Waals surface area contributed by atoms with Crippen LogP contribution >= 0.6 is 0 Å². The summed E-state index contributed by atoms with van der Waals surface area (Å²) < 4.78 is 5.49. The molecule has 0 unspecified atom stereocenters. The lowest BCUT2D eigenvalue weighted by molar-refractivity contribution is 0.123. The van der Waals surface area contributed by atoms with Gasteiger partial charge in [-0.3, -0.25) is 4.98 Å². The van der Waals surface area contributed by atoms with E-state index in [9.17, 15) is 0 Å². The molecule has 1 heterocycles. The van der Waals surface area contributed by atoms with E-state index in [0.717, 1.165) is 16.7 Å². The maximum atomic E-state index is 9.15. The van der Waals surface area contributed by atoms with Crippen molar-refractivity contribution in [2.75, 3.05) is 6.61 Å². The molecule has 0 amide bonds. The van der Waals surface area contributed by atoms with E-state index >= 15 is 0 Å². The zero-order valence-corrected chi connectivity index (χ0v) is 8.55. The topological polar surface area (TPSA) is 42.4 Å². The summed E-state index contributed by atoms with van der Waals surface area (Å²) in [4.78, 5) is 4.23. The Morgan fingerprint density at radius 1 is 1.33 bits per heavy atom. The molecular formula is C12H13NO2. The first-order chi connectivity index (χ1) is 7.27. The fraction of sp³-hybridized carbons (Fsp3) is 0.250. The van der Waals surface area contributed by atoms with Crippen LogP contribution in [0.15, 0.2) is 36.5 Å². The van der Waals surface area contributed by atoms with Crippen LogP contribution in [0.5, 0.6) is 5.75 Å². The summed E-state index contributed by atoms with van der Waals surface area (Å²) in [5, 5.41) is 10.1. The summed E-state index contributed by atoms with van der Waals surface area (Å²) in [5.74, 6) is 0.765. The van der Waals surface area contributed by atoms with Gasteiger partial charge in [-0.05, 0) is 31.2 Å². The highest BCUT2D eigenvalue weighted by molar-refractivity contribution is 5.84. The van der Waals surface area contributed by atoms with Crippen LogP contribution < -0.4 is 4.74 Å². The molecule has 0 saturated carbocycles. The Morgan fingerprint density at radius 3 is 3.00 bits per heavy atom. The molecule has 1 N–H and O–H groups in total. The van der Waals surface area contributed by atoms with Crippen LogP contribution in [0.1, 0.15) is 6.92 Å². The summed E-state index contributed by atoms with van der Waals surface area (Å²) >= 11 is 0. The third-order valence-corrected chi connectivity index (χ3v) is 2.09. The number of rotatable bonds is 3. The molecule has 1 aromatic carbocycles. The van der Waals surface area contributed by atoms with Gasteiger partial charge in [-0.2, -0.15) is 0 Å². The van der Waals surface area contributed by atoms with Crippen molar-refractivity contribution in [2.45, 2.75) is 13.0 Å². The van der Waals surface area contributed by atoms with Gasteiger partial charge in [0, 0.05) is 11.6 Å². The highest BCUT2D eigenvalue weighted by atomic mass is 16.5. The van der Waals surface area contributed by atoms with Crippen molar-refractivity contribution >= 4 is 10.9 Å². The van der Waals surface area contributed by atoms with Gasteiger partial charge in [-0.15, -0.1) is 0 Å². The van der Waals surface area contributed by atoms with Crippen LogP contribution in [0, 0.1) is 0 Å². The molecular weight excluding hydrogens is 190 g/mol. The Hall–Kier alpha value is -1.61. The van der Waals surface area contributed by atoms with E-state index in [1.54, 1.807) is 13.1 Å². The average molecular weight is 203 g/mol. The molecule has 3 nitrogen and oxygen atoms in total. The zero-order valence-electron chi connectivity index (χ0n) is 8.55. The Morgan fingerprint density at radius 2 is 2.20 bits per heavy atom. The van der Waals surface area contributed by atoms with Crippen molar-refractivity contribution in [2.24, 2.45) is 0 Å². The number of hydrogen-bond acceptors (Lipinski definition) is 3. The van der Waals surface area contributed by atoms with Crippen molar-refractivity contribution in [1.29, 1.82) is 0 Å². The van der Waals surface area contributed by atoms with Gasteiger partial charge in [0.1, 0.15) is 12.4 Å². The summed E-state index contributed by atoms with van der Waals surface area (Å²) in [6.07, 6.45) is 1.29. The monoisotopic (exact) mass is 203 g/mol. The van der Waals surface area contributed by atoms with E-state index < -0.39 is 6.10 Å². The molecule has 15 heavy (non-hydrogen) atoms. The van der Waals surface area contributed by atoms with Gasteiger partial charge < -0.3 is 9.84 Å². The van der Waals surface area contributed by atoms with Gasteiger partial charge in [0.05, 0.1) is 11.6 Å². The Kier molecular flexibility index (Phi) is 2.83. The summed E-state index contributed by atoms with van der Waals surface area (Å²) in [7, 11) is 0.